The van der Waals surface area contributed by atoms with E-state index in [1.165, 1.54) is 0 Å². The fourth-order valence-electron chi connectivity index (χ4n) is 7.05. The zero-order chi connectivity index (χ0) is 23.8. The van der Waals surface area contributed by atoms with Gasteiger partial charge in [0.1, 0.15) is 23.3 Å². The molecule has 4 atom stereocenters. The number of morpholine rings is 1. The van der Waals surface area contributed by atoms with Crippen LogP contribution in [0.15, 0.2) is 72.8 Å². The number of halogens is 1. The summed E-state index contributed by atoms with van der Waals surface area (Å²) >= 11 is 6.25. The van der Waals surface area contributed by atoms with Gasteiger partial charge in [0.25, 0.3) is 5.91 Å². The number of rotatable bonds is 1. The van der Waals surface area contributed by atoms with E-state index in [0.29, 0.717) is 36.1 Å². The summed E-state index contributed by atoms with van der Waals surface area (Å²) in [6, 6.07) is 22.5. The third-order valence-electron chi connectivity index (χ3n) is 8.27. The summed E-state index contributed by atoms with van der Waals surface area (Å²) in [5, 5.41) is 3.73. The number of anilines is 1. The van der Waals surface area contributed by atoms with Gasteiger partial charge in [-0.1, -0.05) is 54.1 Å². The van der Waals surface area contributed by atoms with Gasteiger partial charge in [-0.3, -0.25) is 14.5 Å². The molecule has 6 nitrogen and oxygen atoms in total. The molecular weight excluding hydrogens is 464 g/mol. The first-order valence-corrected chi connectivity index (χ1v) is 12.2. The van der Waals surface area contributed by atoms with E-state index < -0.39 is 11.0 Å². The van der Waals surface area contributed by atoms with Gasteiger partial charge in [-0.15, -0.1) is 0 Å². The maximum Gasteiger partial charge on any atom is 0.250 e. The van der Waals surface area contributed by atoms with E-state index in [-0.39, 0.29) is 30.3 Å². The molecule has 1 N–H and O–H groups in total. The van der Waals surface area contributed by atoms with Crippen molar-refractivity contribution in [1.29, 1.82) is 0 Å². The minimum atomic E-state index is -1.23. The van der Waals surface area contributed by atoms with E-state index in [1.54, 1.807) is 6.07 Å². The Morgan fingerprint density at radius 1 is 0.971 bits per heavy atom. The summed E-state index contributed by atoms with van der Waals surface area (Å²) in [5.74, 6) is -0.0438. The van der Waals surface area contributed by atoms with E-state index in [2.05, 4.69) is 10.2 Å². The molecule has 0 bridgehead atoms. The molecule has 0 aliphatic carbocycles. The molecule has 4 aliphatic rings. The van der Waals surface area contributed by atoms with Crippen LogP contribution in [0.25, 0.3) is 0 Å². The number of carbonyl (C=O) groups is 2. The van der Waals surface area contributed by atoms with Crippen LogP contribution in [0, 0.1) is 5.41 Å². The zero-order valence-corrected chi connectivity index (χ0v) is 19.6. The minimum Gasteiger partial charge on any atom is -0.492 e. The minimum absolute atomic E-state index is 0.0689. The first-order valence-electron chi connectivity index (χ1n) is 11.9. The van der Waals surface area contributed by atoms with Crippen LogP contribution in [0.5, 0.6) is 5.75 Å². The number of fused-ring (bicyclic) bond motifs is 6. The lowest BCUT2D eigenvalue weighted by molar-refractivity contribution is -0.137. The van der Waals surface area contributed by atoms with E-state index in [0.717, 1.165) is 16.8 Å². The van der Waals surface area contributed by atoms with Crippen LogP contribution in [0.1, 0.15) is 27.4 Å². The highest BCUT2D eigenvalue weighted by Gasteiger charge is 2.78. The topological polar surface area (TPSA) is 67.9 Å². The summed E-state index contributed by atoms with van der Waals surface area (Å²) in [6.07, 6.45) is 0. The number of nitrogens with one attached hydrogen (secondary N) is 1. The second kappa shape index (κ2) is 7.40. The standard InChI is InChI=1S/C28H23ClN2O4/c29-18-11-9-17(10-12-18)24-22-15-34-14-13-31(22)28(20-6-2-3-7-21(20)30-26(28)33)27(24)16-35-23-8-4-1-5-19(23)25(27)32/h1-12,22,24H,13-16H2,(H,30,33). The van der Waals surface area contributed by atoms with Gasteiger partial charge in [-0.05, 0) is 35.9 Å². The smallest absolute Gasteiger partial charge is 0.250 e. The Morgan fingerprint density at radius 2 is 1.74 bits per heavy atom. The number of carbonyl (C=O) groups excluding carboxylic acids is 2. The molecule has 3 aromatic carbocycles. The van der Waals surface area contributed by atoms with Gasteiger partial charge in [-0.25, -0.2) is 0 Å². The molecule has 4 aliphatic heterocycles. The zero-order valence-electron chi connectivity index (χ0n) is 18.9. The van der Waals surface area contributed by atoms with Crippen LogP contribution in [0.4, 0.5) is 5.69 Å². The van der Waals surface area contributed by atoms with Crippen LogP contribution in [-0.4, -0.2) is 49.0 Å². The normalized spacial score (nSPS) is 31.1. The van der Waals surface area contributed by atoms with Crippen LogP contribution in [-0.2, 0) is 15.1 Å². The van der Waals surface area contributed by atoms with Crippen LogP contribution in [0.2, 0.25) is 5.02 Å². The van der Waals surface area contributed by atoms with Gasteiger partial charge in [0.05, 0.1) is 18.8 Å². The van der Waals surface area contributed by atoms with Gasteiger partial charge in [-0.2, -0.15) is 0 Å². The lowest BCUT2D eigenvalue weighted by Gasteiger charge is -2.48. The molecule has 2 saturated heterocycles. The Labute approximate surface area is 207 Å². The summed E-state index contributed by atoms with van der Waals surface area (Å²) < 4.78 is 12.3. The molecule has 7 heteroatoms. The van der Waals surface area contributed by atoms with E-state index in [9.17, 15) is 9.59 Å². The van der Waals surface area contributed by atoms with Crippen molar-refractivity contribution < 1.29 is 19.1 Å². The van der Waals surface area contributed by atoms with Crippen molar-refractivity contribution in [2.45, 2.75) is 17.5 Å². The van der Waals surface area contributed by atoms with Crippen molar-refractivity contribution in [3.63, 3.8) is 0 Å². The average Bonchev–Trinajstić information content (AvgIpc) is 3.33. The molecule has 4 unspecified atom stereocenters. The number of benzene rings is 3. The van der Waals surface area contributed by atoms with Crippen molar-refractivity contribution >= 4 is 29.0 Å². The highest BCUT2D eigenvalue weighted by molar-refractivity contribution is 6.30. The number of hydrogen-bond donors (Lipinski definition) is 1. The summed E-state index contributed by atoms with van der Waals surface area (Å²) in [4.78, 5) is 31.3. The van der Waals surface area contributed by atoms with Crippen LogP contribution in [0.3, 0.4) is 0 Å². The third-order valence-corrected chi connectivity index (χ3v) is 8.52. The molecule has 0 radical (unpaired) electrons. The molecule has 1 amide bonds. The SMILES string of the molecule is O=C1c2ccccc2OCC12C(c1ccc(Cl)cc1)C1COCCN1C21C(=O)Nc2ccccc21. The Hall–Kier alpha value is -3.19. The second-order valence-corrected chi connectivity index (χ2v) is 10.1. The fraction of sp³-hybridized carbons (Fsp3) is 0.286. The molecule has 2 fully saturated rings. The molecule has 176 valence electrons. The van der Waals surface area contributed by atoms with E-state index in [4.69, 9.17) is 21.1 Å². The molecule has 2 spiro atoms. The Bertz CT molecular complexity index is 1380. The lowest BCUT2D eigenvalue weighted by atomic mass is 9.56. The van der Waals surface area contributed by atoms with Crippen molar-refractivity contribution in [1.82, 2.24) is 4.90 Å². The molecule has 7 rings (SSSR count). The third kappa shape index (κ3) is 2.52. The molecule has 3 aromatic rings. The monoisotopic (exact) mass is 486 g/mol. The van der Waals surface area contributed by atoms with Crippen molar-refractivity contribution in [3.05, 3.63) is 94.5 Å². The van der Waals surface area contributed by atoms with Crippen LogP contribution >= 0.6 is 11.6 Å². The van der Waals surface area contributed by atoms with Crippen molar-refractivity contribution in [2.75, 3.05) is 31.7 Å². The Kier molecular flexibility index (Phi) is 4.47. The number of amides is 1. The average molecular weight is 487 g/mol. The number of Topliss-reactive ketones (excluding diaryl/α,β-unsaturated/α-hetero) is 1. The number of ether oxygens (including phenoxy) is 2. The highest BCUT2D eigenvalue weighted by Crippen LogP contribution is 2.67. The molecule has 0 aromatic heterocycles. The van der Waals surface area contributed by atoms with Crippen molar-refractivity contribution in [2.24, 2.45) is 5.41 Å². The van der Waals surface area contributed by atoms with E-state index >= 15 is 0 Å². The predicted octanol–water partition coefficient (Wildman–Crippen LogP) is 4.25. The number of nitrogens with zero attached hydrogens (tertiary/aromatic N) is 1. The fourth-order valence-corrected chi connectivity index (χ4v) is 7.18. The first kappa shape index (κ1) is 21.1. The second-order valence-electron chi connectivity index (χ2n) is 9.66. The van der Waals surface area contributed by atoms with Gasteiger partial charge in [0, 0.05) is 34.8 Å². The van der Waals surface area contributed by atoms with Gasteiger partial charge in [0.15, 0.2) is 5.78 Å². The molecule has 4 heterocycles. The van der Waals surface area contributed by atoms with Gasteiger partial charge >= 0.3 is 0 Å². The Balaban J connectivity index is 1.58. The number of para-hydroxylation sites is 2. The largest absolute Gasteiger partial charge is 0.492 e. The lowest BCUT2D eigenvalue weighted by Crippen LogP contribution is -2.64. The Morgan fingerprint density at radius 3 is 2.60 bits per heavy atom. The molecule has 0 saturated carbocycles. The summed E-state index contributed by atoms with van der Waals surface area (Å²) in [5.41, 5.74) is 0.586. The maximum absolute atomic E-state index is 14.8. The molecular formula is C28H23ClN2O4. The van der Waals surface area contributed by atoms with E-state index in [1.807, 2.05) is 66.7 Å². The van der Waals surface area contributed by atoms with Crippen molar-refractivity contribution in [3.8, 4) is 5.75 Å². The van der Waals surface area contributed by atoms with Crippen LogP contribution < -0.4 is 10.1 Å². The maximum atomic E-state index is 14.8. The van der Waals surface area contributed by atoms with Gasteiger partial charge < -0.3 is 14.8 Å². The number of hydrogen-bond acceptors (Lipinski definition) is 5. The number of ketones is 1. The first-order chi connectivity index (χ1) is 17.1. The molecule has 35 heavy (non-hydrogen) atoms. The summed E-state index contributed by atoms with van der Waals surface area (Å²) in [7, 11) is 0. The van der Waals surface area contributed by atoms with Gasteiger partial charge in [0.2, 0.25) is 0 Å². The highest BCUT2D eigenvalue weighted by atomic mass is 35.5. The summed E-state index contributed by atoms with van der Waals surface area (Å²) in [6.45, 7) is 1.53. The predicted molar refractivity (Wildman–Crippen MR) is 131 cm³/mol. The quantitative estimate of drug-likeness (QED) is 0.557.